The molecule has 4 N–H and O–H groups in total. The van der Waals surface area contributed by atoms with Crippen LogP contribution in [0.2, 0.25) is 0 Å². The van der Waals surface area contributed by atoms with E-state index in [9.17, 15) is 4.79 Å². The van der Waals surface area contributed by atoms with Crippen molar-refractivity contribution in [3.05, 3.63) is 71.5 Å². The summed E-state index contributed by atoms with van der Waals surface area (Å²) in [5.41, 5.74) is 11.1. The number of hydrazine groups is 1. The Balaban J connectivity index is 0.000000720. The standard InChI is InChI=1S/C19H20N4O2.C3H9N.CH4O/c1-13-8-10-15(11-9-13)23-12-18(14(2)22-23)21-20-17-7-5-4-6-16(17)19(24)25-3;1-3-4-2;1-2/h4-12,20-21H,1-3H3;4H,3H2,1-2H3;2H,1H3. The molecule has 3 rings (SSSR count). The minimum absolute atomic E-state index is 0.392. The van der Waals surface area contributed by atoms with Crippen LogP contribution < -0.4 is 16.2 Å². The molecule has 168 valence electrons. The number of methoxy groups -OCH3 is 1. The topological polar surface area (TPSA) is 100 Å². The van der Waals surface area contributed by atoms with Crippen molar-refractivity contribution >= 4 is 17.3 Å². The van der Waals surface area contributed by atoms with Gasteiger partial charge in [0.05, 0.1) is 41.6 Å². The van der Waals surface area contributed by atoms with Gasteiger partial charge in [-0.1, -0.05) is 36.8 Å². The molecule has 0 amide bonds. The first kappa shape index (κ1) is 25.7. The highest BCUT2D eigenvalue weighted by molar-refractivity contribution is 5.95. The molecule has 0 unspecified atom stereocenters. The number of benzene rings is 2. The van der Waals surface area contributed by atoms with E-state index in [-0.39, 0.29) is 0 Å². The number of carbonyl (C=O) groups is 1. The highest BCUT2D eigenvalue weighted by Crippen LogP contribution is 2.20. The third-order valence-corrected chi connectivity index (χ3v) is 4.22. The number of para-hydroxylation sites is 1. The fourth-order valence-electron chi connectivity index (χ4n) is 2.43. The Morgan fingerprint density at radius 2 is 1.61 bits per heavy atom. The summed E-state index contributed by atoms with van der Waals surface area (Å²) in [5, 5.41) is 14.4. The summed E-state index contributed by atoms with van der Waals surface area (Å²) < 4.78 is 6.61. The molecule has 0 aliphatic rings. The van der Waals surface area contributed by atoms with Gasteiger partial charge >= 0.3 is 5.97 Å². The number of hydrogen-bond donors (Lipinski definition) is 4. The zero-order valence-electron chi connectivity index (χ0n) is 19.1. The summed E-state index contributed by atoms with van der Waals surface area (Å²) in [4.78, 5) is 11.8. The van der Waals surface area contributed by atoms with Crippen molar-refractivity contribution in [2.75, 3.05) is 38.7 Å². The second-order valence-corrected chi connectivity index (χ2v) is 6.40. The maximum absolute atomic E-state index is 11.8. The lowest BCUT2D eigenvalue weighted by atomic mass is 10.2. The van der Waals surface area contributed by atoms with Crippen LogP contribution in [0.3, 0.4) is 0 Å². The van der Waals surface area contributed by atoms with E-state index in [0.717, 1.165) is 30.7 Å². The predicted molar refractivity (Wildman–Crippen MR) is 126 cm³/mol. The molecule has 31 heavy (non-hydrogen) atoms. The molecule has 0 aliphatic carbocycles. The first-order chi connectivity index (χ1) is 15.0. The molecule has 0 radical (unpaired) electrons. The third kappa shape index (κ3) is 7.76. The van der Waals surface area contributed by atoms with E-state index in [1.54, 1.807) is 18.2 Å². The van der Waals surface area contributed by atoms with Gasteiger partial charge in [-0.3, -0.25) is 10.9 Å². The summed E-state index contributed by atoms with van der Waals surface area (Å²) in [6.07, 6.45) is 1.90. The van der Waals surface area contributed by atoms with E-state index in [1.165, 1.54) is 12.7 Å². The summed E-state index contributed by atoms with van der Waals surface area (Å²) >= 11 is 0. The van der Waals surface area contributed by atoms with E-state index in [1.807, 2.05) is 62.1 Å². The third-order valence-electron chi connectivity index (χ3n) is 4.22. The summed E-state index contributed by atoms with van der Waals surface area (Å²) in [6.45, 7) is 7.11. The van der Waals surface area contributed by atoms with Crippen LogP contribution in [-0.4, -0.2) is 48.7 Å². The van der Waals surface area contributed by atoms with E-state index < -0.39 is 5.97 Å². The maximum Gasteiger partial charge on any atom is 0.340 e. The average molecular weight is 428 g/mol. The van der Waals surface area contributed by atoms with E-state index in [4.69, 9.17) is 9.84 Å². The van der Waals surface area contributed by atoms with Crippen molar-refractivity contribution in [1.82, 2.24) is 15.1 Å². The number of ether oxygens (including phenoxy) is 1. The fraction of sp³-hybridized carbons (Fsp3) is 0.304. The quantitative estimate of drug-likeness (QED) is 0.353. The van der Waals surface area contributed by atoms with Crippen molar-refractivity contribution in [1.29, 1.82) is 0 Å². The molecule has 2 aromatic carbocycles. The Morgan fingerprint density at radius 1 is 1.03 bits per heavy atom. The van der Waals surface area contributed by atoms with E-state index >= 15 is 0 Å². The van der Waals surface area contributed by atoms with Crippen molar-refractivity contribution in [2.24, 2.45) is 0 Å². The highest BCUT2D eigenvalue weighted by atomic mass is 16.5. The molecule has 1 aromatic heterocycles. The number of aliphatic hydroxyl groups excluding tert-OH is 1. The Kier molecular flexibility index (Phi) is 11.4. The van der Waals surface area contributed by atoms with Gasteiger partial charge in [-0.15, -0.1) is 0 Å². The maximum atomic E-state index is 11.8. The number of anilines is 2. The van der Waals surface area contributed by atoms with Crippen molar-refractivity contribution in [2.45, 2.75) is 20.8 Å². The first-order valence-electron chi connectivity index (χ1n) is 9.92. The lowest BCUT2D eigenvalue weighted by Crippen LogP contribution is -2.13. The lowest BCUT2D eigenvalue weighted by molar-refractivity contribution is 0.0602. The molecular weight excluding hydrogens is 394 g/mol. The molecular formula is C23H33N5O3. The molecule has 3 aromatic rings. The van der Waals surface area contributed by atoms with Crippen LogP contribution in [0.5, 0.6) is 0 Å². The highest BCUT2D eigenvalue weighted by Gasteiger charge is 2.12. The number of rotatable bonds is 6. The van der Waals surface area contributed by atoms with Crippen LogP contribution >= 0.6 is 0 Å². The van der Waals surface area contributed by atoms with Gasteiger partial charge in [-0.05, 0) is 51.7 Å². The van der Waals surface area contributed by atoms with Crippen molar-refractivity contribution in [3.63, 3.8) is 0 Å². The van der Waals surface area contributed by atoms with Crippen molar-refractivity contribution in [3.8, 4) is 5.69 Å². The van der Waals surface area contributed by atoms with Gasteiger partial charge < -0.3 is 15.2 Å². The smallest absolute Gasteiger partial charge is 0.340 e. The zero-order chi connectivity index (χ0) is 23.2. The second-order valence-electron chi connectivity index (χ2n) is 6.40. The number of nitrogens with zero attached hydrogens (tertiary/aromatic N) is 2. The molecule has 1 heterocycles. The number of carbonyl (C=O) groups excluding carboxylic acids is 1. The number of hydrogen-bond acceptors (Lipinski definition) is 7. The monoisotopic (exact) mass is 427 g/mol. The van der Waals surface area contributed by atoms with Crippen LogP contribution in [0.25, 0.3) is 5.69 Å². The first-order valence-corrected chi connectivity index (χ1v) is 9.92. The predicted octanol–water partition coefficient (Wildman–Crippen LogP) is 3.55. The number of aryl methyl sites for hydroxylation is 2. The second kappa shape index (κ2) is 13.8. The molecule has 0 fully saturated rings. The number of esters is 1. The number of aliphatic hydroxyl groups is 1. The zero-order valence-corrected chi connectivity index (χ0v) is 19.1. The minimum atomic E-state index is -0.392. The average Bonchev–Trinajstić information content (AvgIpc) is 3.19. The van der Waals surface area contributed by atoms with Crippen LogP contribution in [0, 0.1) is 13.8 Å². The SMILES string of the molecule is CCNC.CO.COC(=O)c1ccccc1NNc1cn(-c2ccc(C)cc2)nc1C. The fourth-order valence-corrected chi connectivity index (χ4v) is 2.43. The van der Waals surface area contributed by atoms with Gasteiger partial charge in [0.25, 0.3) is 0 Å². The van der Waals surface area contributed by atoms with Gasteiger partial charge in [0.1, 0.15) is 0 Å². The van der Waals surface area contributed by atoms with E-state index in [0.29, 0.717) is 11.3 Å². The Morgan fingerprint density at radius 3 is 2.19 bits per heavy atom. The van der Waals surface area contributed by atoms with Crippen molar-refractivity contribution < 1.29 is 14.6 Å². The molecule has 0 bridgehead atoms. The number of nitrogens with one attached hydrogen (secondary N) is 3. The summed E-state index contributed by atoms with van der Waals surface area (Å²) in [7, 11) is 4.29. The largest absolute Gasteiger partial charge is 0.465 e. The molecule has 0 atom stereocenters. The molecule has 0 aliphatic heterocycles. The van der Waals surface area contributed by atoms with Gasteiger partial charge in [-0.25, -0.2) is 9.48 Å². The molecule has 0 saturated carbocycles. The molecule has 8 nitrogen and oxygen atoms in total. The van der Waals surface area contributed by atoms with Gasteiger partial charge in [-0.2, -0.15) is 5.10 Å². The normalized spacial score (nSPS) is 9.52. The van der Waals surface area contributed by atoms with Crippen LogP contribution in [0.4, 0.5) is 11.4 Å². The van der Waals surface area contributed by atoms with Crippen LogP contribution in [0.15, 0.2) is 54.7 Å². The molecule has 0 saturated heterocycles. The lowest BCUT2D eigenvalue weighted by Gasteiger charge is -2.11. The Bertz CT molecular complexity index is 921. The van der Waals surface area contributed by atoms with Gasteiger partial charge in [0.15, 0.2) is 0 Å². The van der Waals surface area contributed by atoms with Crippen LogP contribution in [0.1, 0.15) is 28.5 Å². The Hall–Kier alpha value is -3.36. The summed E-state index contributed by atoms with van der Waals surface area (Å²) in [5.74, 6) is -0.392. The van der Waals surface area contributed by atoms with Crippen LogP contribution in [-0.2, 0) is 4.74 Å². The Labute approximate surface area is 184 Å². The molecule has 8 heteroatoms. The minimum Gasteiger partial charge on any atom is -0.465 e. The molecule has 0 spiro atoms. The summed E-state index contributed by atoms with van der Waals surface area (Å²) in [6, 6.07) is 15.3. The van der Waals surface area contributed by atoms with Gasteiger partial charge in [0, 0.05) is 7.11 Å². The van der Waals surface area contributed by atoms with E-state index in [2.05, 4.69) is 28.2 Å². The van der Waals surface area contributed by atoms with Gasteiger partial charge in [0.2, 0.25) is 0 Å². The number of aromatic nitrogens is 2.